The summed E-state index contributed by atoms with van der Waals surface area (Å²) in [4.78, 5) is 0. The molecule has 0 heterocycles. The van der Waals surface area contributed by atoms with Crippen LogP contribution in [0.4, 0.5) is 0 Å². The Morgan fingerprint density at radius 3 is 0.500 bits per heavy atom. The number of hydrogen-bond acceptors (Lipinski definition) is 0. The molecule has 30 heavy (non-hydrogen) atoms. The highest BCUT2D eigenvalue weighted by Crippen LogP contribution is 2.08. The van der Waals surface area contributed by atoms with Gasteiger partial charge in [0.2, 0.25) is 0 Å². The highest BCUT2D eigenvalue weighted by atomic mass is 28.3. The van der Waals surface area contributed by atoms with Crippen LogP contribution in [0.3, 0.4) is 0 Å². The summed E-state index contributed by atoms with van der Waals surface area (Å²) in [5, 5.41) is 0. The van der Waals surface area contributed by atoms with Crippen LogP contribution in [-0.4, -0.2) is 48.4 Å². The van der Waals surface area contributed by atoms with E-state index in [9.17, 15) is 0 Å². The fourth-order valence-corrected chi connectivity index (χ4v) is 14.1. The molecule has 0 aromatic carbocycles. The topological polar surface area (TPSA) is 0 Å². The average Bonchev–Trinajstić information content (AvgIpc) is 2.51. The Labute approximate surface area is 194 Å². The van der Waals surface area contributed by atoms with Gasteiger partial charge in [0, 0.05) is 0 Å². The van der Waals surface area contributed by atoms with E-state index in [2.05, 4.69) is 147 Å². The zero-order valence-electron chi connectivity index (χ0n) is 22.0. The molecule has 0 aliphatic carbocycles. The van der Waals surface area contributed by atoms with Crippen molar-refractivity contribution in [2.45, 2.75) is 91.7 Å². The first-order chi connectivity index (χ1) is 13.0. The van der Waals surface area contributed by atoms with E-state index in [0.717, 1.165) is 0 Å². The molecular weight excluding hydrogens is 457 g/mol. The van der Waals surface area contributed by atoms with Gasteiger partial charge in [0.1, 0.15) is 32.3 Å². The first-order valence-corrected chi connectivity index (χ1v) is 29.8. The van der Waals surface area contributed by atoms with Gasteiger partial charge < -0.3 is 0 Å². The van der Waals surface area contributed by atoms with E-state index >= 15 is 0 Å². The summed E-state index contributed by atoms with van der Waals surface area (Å²) in [5.41, 5.74) is 35.9. The third-order valence-electron chi connectivity index (χ3n) is 3.31. The Kier molecular flexibility index (Phi) is 9.84. The van der Waals surface area contributed by atoms with Gasteiger partial charge in [-0.1, -0.05) is 78.6 Å². The summed E-state index contributed by atoms with van der Waals surface area (Å²) < 4.78 is 0. The van der Waals surface area contributed by atoms with Gasteiger partial charge in [-0.25, -0.2) is 0 Å². The third kappa shape index (κ3) is 15.9. The minimum Gasteiger partial charge on any atom is -0.137 e. The smallest absolute Gasteiger partial charge is 0.137 e. The summed E-state index contributed by atoms with van der Waals surface area (Å²) >= 11 is 0. The normalized spacial score (nSPS) is 12.3. The fourth-order valence-electron chi connectivity index (χ4n) is 1.69. The van der Waals surface area contributed by atoms with Crippen molar-refractivity contribution in [3.8, 4) is 55.4 Å². The summed E-state index contributed by atoms with van der Waals surface area (Å²) in [7, 11) is -10.6. The molecule has 0 aliphatic heterocycles. The largest absolute Gasteiger partial charge is 0.285 e. The molecule has 0 nitrogen and oxygen atoms in total. The Hall–Kier alpha value is -0.899. The summed E-state index contributed by atoms with van der Waals surface area (Å²) in [5.74, 6) is 0. The van der Waals surface area contributed by atoms with Crippen molar-refractivity contribution in [2.75, 3.05) is 0 Å². The molecule has 0 aromatic rings. The molecule has 0 spiro atoms. The van der Waals surface area contributed by atoms with Gasteiger partial charge in [0.05, 0.1) is 0 Å². The molecule has 0 amide bonds. The van der Waals surface area contributed by atoms with E-state index in [-0.39, 0.29) is 0 Å². The van der Waals surface area contributed by atoms with Crippen LogP contribution in [0, 0.1) is 55.4 Å². The maximum atomic E-state index is 3.63. The molecule has 6 heteroatoms. The highest BCUT2D eigenvalue weighted by Gasteiger charge is 2.27. The Morgan fingerprint density at radius 2 is 0.367 bits per heavy atom. The minimum absolute atomic E-state index is 1.48. The lowest BCUT2D eigenvalue weighted by atomic mass is 11.3. The molecule has 0 atom stereocenters. The zero-order valence-corrected chi connectivity index (χ0v) is 28.0. The van der Waals surface area contributed by atoms with E-state index in [4.69, 9.17) is 0 Å². The molecule has 0 aliphatic rings. The maximum absolute atomic E-state index is 3.63. The maximum Gasteiger partial charge on any atom is 0.285 e. The van der Waals surface area contributed by atoms with Crippen molar-refractivity contribution in [1.29, 1.82) is 0 Å². The van der Waals surface area contributed by atoms with Crippen molar-refractivity contribution >= 4 is 48.4 Å². The van der Waals surface area contributed by atoms with Gasteiger partial charge in [0.15, 0.2) is 0 Å². The van der Waals surface area contributed by atoms with E-state index in [1.165, 1.54) is 0 Å². The first kappa shape index (κ1) is 29.1. The second kappa shape index (κ2) is 10.1. The zero-order chi connectivity index (χ0) is 24.1. The molecule has 0 radical (unpaired) electrons. The lowest BCUT2D eigenvalue weighted by Gasteiger charge is -2.13. The SMILES string of the molecule is C[Si](C)(C)C#C[Si](C)(C#C[Si](C)(C)C)C#C[Si](C)(C#C[Si](C)(C)C)C#C[Si](C)(C)C. The molecule has 0 saturated carbocycles. The van der Waals surface area contributed by atoms with Crippen LogP contribution in [0.5, 0.6) is 0 Å². The second-order valence-corrected chi connectivity index (χ2v) is 37.5. The molecule has 0 bridgehead atoms. The number of hydrogen-bond donors (Lipinski definition) is 0. The lowest BCUT2D eigenvalue weighted by molar-refractivity contribution is 1.81. The van der Waals surface area contributed by atoms with Gasteiger partial charge in [-0.15, -0.1) is 55.4 Å². The molecule has 162 valence electrons. The average molecular weight is 499 g/mol. The first-order valence-electron chi connectivity index (χ1n) is 10.8. The van der Waals surface area contributed by atoms with Crippen LogP contribution in [0.2, 0.25) is 91.7 Å². The Morgan fingerprint density at radius 1 is 0.233 bits per heavy atom. The van der Waals surface area contributed by atoms with Gasteiger partial charge in [-0.05, 0) is 13.1 Å². The molecule has 0 N–H and O–H groups in total. The van der Waals surface area contributed by atoms with Crippen molar-refractivity contribution < 1.29 is 0 Å². The second-order valence-electron chi connectivity index (χ2n) is 12.5. The highest BCUT2D eigenvalue weighted by molar-refractivity contribution is 7.06. The van der Waals surface area contributed by atoms with E-state index in [1.807, 2.05) is 0 Å². The van der Waals surface area contributed by atoms with E-state index in [0.29, 0.717) is 0 Å². The lowest BCUT2D eigenvalue weighted by Crippen LogP contribution is -2.33. The van der Waals surface area contributed by atoms with Crippen LogP contribution in [0.25, 0.3) is 0 Å². The van der Waals surface area contributed by atoms with Gasteiger partial charge in [0.25, 0.3) is 16.1 Å². The summed E-state index contributed by atoms with van der Waals surface area (Å²) in [6, 6.07) is 0. The monoisotopic (exact) mass is 498 g/mol. The quantitative estimate of drug-likeness (QED) is 0.288. The van der Waals surface area contributed by atoms with Crippen LogP contribution < -0.4 is 0 Å². The molecular formula is C24H42Si6. The van der Waals surface area contributed by atoms with Crippen molar-refractivity contribution in [3.63, 3.8) is 0 Å². The minimum atomic E-state index is -2.32. The molecule has 0 unspecified atom stereocenters. The van der Waals surface area contributed by atoms with Crippen LogP contribution in [0.1, 0.15) is 0 Å². The predicted octanol–water partition coefficient (Wildman–Crippen LogP) is 5.91. The summed E-state index contributed by atoms with van der Waals surface area (Å²) in [6.07, 6.45) is 0. The Balaban J connectivity index is 6.68. The summed E-state index contributed by atoms with van der Waals surface area (Å²) in [6.45, 7) is 31.8. The van der Waals surface area contributed by atoms with Gasteiger partial charge in [-0.3, -0.25) is 0 Å². The van der Waals surface area contributed by atoms with Crippen LogP contribution >= 0.6 is 0 Å². The molecule has 0 aromatic heterocycles. The fraction of sp³-hybridized carbons (Fsp3) is 0.583. The third-order valence-corrected chi connectivity index (χ3v) is 11.8. The van der Waals surface area contributed by atoms with Crippen molar-refractivity contribution in [3.05, 3.63) is 0 Å². The molecule has 0 saturated heterocycles. The van der Waals surface area contributed by atoms with Gasteiger partial charge >= 0.3 is 0 Å². The Bertz CT molecular complexity index is 793. The number of rotatable bonds is 0. The van der Waals surface area contributed by atoms with E-state index in [1.54, 1.807) is 0 Å². The van der Waals surface area contributed by atoms with Crippen molar-refractivity contribution in [1.82, 2.24) is 0 Å². The van der Waals surface area contributed by atoms with E-state index < -0.39 is 48.4 Å². The van der Waals surface area contributed by atoms with Crippen LogP contribution in [0.15, 0.2) is 0 Å². The predicted molar refractivity (Wildman–Crippen MR) is 155 cm³/mol. The van der Waals surface area contributed by atoms with Gasteiger partial charge in [-0.2, -0.15) is 0 Å². The van der Waals surface area contributed by atoms with Crippen molar-refractivity contribution in [2.24, 2.45) is 0 Å². The standard InChI is InChI=1S/C24H42Si6/c1-25(2,3)15-19-29(13,20-16-26(4,5)6)23-24-30(14,21-17-27(7,8)9)22-18-28(10,11)12/h1-14H3. The molecule has 0 fully saturated rings. The van der Waals surface area contributed by atoms with Crippen LogP contribution in [-0.2, 0) is 0 Å². The molecule has 0 rings (SSSR count).